The minimum atomic E-state index is 0.723. The van der Waals surface area contributed by atoms with Crippen LogP contribution >= 0.6 is 12.6 Å². The Kier molecular flexibility index (Phi) is 6.29. The predicted molar refractivity (Wildman–Crippen MR) is 48.3 cm³/mol. The van der Waals surface area contributed by atoms with E-state index in [4.69, 9.17) is 0 Å². The van der Waals surface area contributed by atoms with E-state index in [0.717, 1.165) is 11.4 Å². The second-order valence-corrected chi connectivity index (χ2v) is 1.80. The number of nitrogens with zero attached hydrogens (tertiary/aromatic N) is 1. The maximum atomic E-state index is 4.05. The van der Waals surface area contributed by atoms with Crippen LogP contribution in [0.25, 0.3) is 0 Å². The molecule has 56 valence electrons. The molecule has 2 heteroatoms. The van der Waals surface area contributed by atoms with E-state index in [1.807, 2.05) is 32.0 Å². The lowest BCUT2D eigenvalue weighted by atomic mass is 10.4. The first-order chi connectivity index (χ1) is 4.93. The summed E-state index contributed by atoms with van der Waals surface area (Å²) in [5, 5.41) is 0. The van der Waals surface area contributed by atoms with E-state index in [9.17, 15) is 0 Å². The Morgan fingerprint density at radius 2 is 2.10 bits per heavy atom. The SMILES string of the molecule is CC.SCc1ccccn1. The Balaban J connectivity index is 0.000000371. The van der Waals surface area contributed by atoms with Gasteiger partial charge in [-0.15, -0.1) is 0 Å². The predicted octanol–water partition coefficient (Wildman–Crippen LogP) is 2.54. The lowest BCUT2D eigenvalue weighted by molar-refractivity contribution is 1.18. The van der Waals surface area contributed by atoms with Crippen LogP contribution in [0.1, 0.15) is 19.5 Å². The van der Waals surface area contributed by atoms with Crippen molar-refractivity contribution < 1.29 is 0 Å². The molecule has 0 aliphatic heterocycles. The van der Waals surface area contributed by atoms with E-state index in [-0.39, 0.29) is 0 Å². The molecule has 0 aliphatic rings. The number of thiol groups is 1. The highest BCUT2D eigenvalue weighted by atomic mass is 32.1. The fourth-order valence-corrected chi connectivity index (χ4v) is 0.679. The van der Waals surface area contributed by atoms with Crippen LogP contribution in [-0.2, 0) is 5.75 Å². The summed E-state index contributed by atoms with van der Waals surface area (Å²) in [5.74, 6) is 0.723. The first-order valence-electron chi connectivity index (χ1n) is 3.44. The molecule has 0 N–H and O–H groups in total. The fourth-order valence-electron chi connectivity index (χ4n) is 0.492. The molecule has 0 bridgehead atoms. The highest BCUT2D eigenvalue weighted by Gasteiger charge is 1.82. The van der Waals surface area contributed by atoms with Gasteiger partial charge in [-0.3, -0.25) is 4.98 Å². The van der Waals surface area contributed by atoms with Gasteiger partial charge >= 0.3 is 0 Å². The summed E-state index contributed by atoms with van der Waals surface area (Å²) >= 11 is 4.05. The topological polar surface area (TPSA) is 12.9 Å². The van der Waals surface area contributed by atoms with E-state index in [0.29, 0.717) is 0 Å². The maximum Gasteiger partial charge on any atom is 0.0499 e. The lowest BCUT2D eigenvalue weighted by Gasteiger charge is -1.88. The number of pyridine rings is 1. The third-order valence-electron chi connectivity index (χ3n) is 0.888. The minimum absolute atomic E-state index is 0.723. The van der Waals surface area contributed by atoms with Gasteiger partial charge in [0.15, 0.2) is 0 Å². The summed E-state index contributed by atoms with van der Waals surface area (Å²) in [4.78, 5) is 4.02. The molecule has 1 aromatic heterocycles. The lowest BCUT2D eigenvalue weighted by Crippen LogP contribution is -1.79. The van der Waals surface area contributed by atoms with Crippen molar-refractivity contribution in [2.75, 3.05) is 0 Å². The fraction of sp³-hybridized carbons (Fsp3) is 0.375. The summed E-state index contributed by atoms with van der Waals surface area (Å²) in [6, 6.07) is 5.80. The summed E-state index contributed by atoms with van der Waals surface area (Å²) in [6.45, 7) is 4.00. The summed E-state index contributed by atoms with van der Waals surface area (Å²) in [6.07, 6.45) is 1.77. The highest BCUT2D eigenvalue weighted by molar-refractivity contribution is 7.79. The van der Waals surface area contributed by atoms with Crippen molar-refractivity contribution in [3.05, 3.63) is 30.1 Å². The number of hydrogen-bond donors (Lipinski definition) is 1. The largest absolute Gasteiger partial charge is 0.260 e. The van der Waals surface area contributed by atoms with Crippen molar-refractivity contribution in [3.63, 3.8) is 0 Å². The van der Waals surface area contributed by atoms with Crippen molar-refractivity contribution >= 4 is 12.6 Å². The Labute approximate surface area is 67.9 Å². The Morgan fingerprint density at radius 3 is 2.40 bits per heavy atom. The molecule has 0 unspecified atom stereocenters. The molecule has 0 radical (unpaired) electrons. The van der Waals surface area contributed by atoms with Crippen LogP contribution in [0.3, 0.4) is 0 Å². The number of rotatable bonds is 1. The normalized spacial score (nSPS) is 7.90. The van der Waals surface area contributed by atoms with Gasteiger partial charge in [0, 0.05) is 17.6 Å². The molecule has 0 saturated carbocycles. The van der Waals surface area contributed by atoms with Crippen molar-refractivity contribution in [1.29, 1.82) is 0 Å². The van der Waals surface area contributed by atoms with Gasteiger partial charge < -0.3 is 0 Å². The average Bonchev–Trinajstić information content (AvgIpc) is 2.10. The molecule has 1 heterocycles. The molecular weight excluding hydrogens is 142 g/mol. The molecule has 0 atom stereocenters. The zero-order chi connectivity index (χ0) is 7.82. The molecule has 0 fully saturated rings. The van der Waals surface area contributed by atoms with Gasteiger partial charge in [0.25, 0.3) is 0 Å². The van der Waals surface area contributed by atoms with Crippen LogP contribution in [0.2, 0.25) is 0 Å². The van der Waals surface area contributed by atoms with Gasteiger partial charge in [0.2, 0.25) is 0 Å². The van der Waals surface area contributed by atoms with Gasteiger partial charge in [-0.05, 0) is 12.1 Å². The molecule has 1 nitrogen and oxygen atoms in total. The zero-order valence-electron chi connectivity index (χ0n) is 6.41. The second-order valence-electron chi connectivity index (χ2n) is 1.48. The quantitative estimate of drug-likeness (QED) is 0.615. The van der Waals surface area contributed by atoms with E-state index < -0.39 is 0 Å². The van der Waals surface area contributed by atoms with Crippen molar-refractivity contribution in [1.82, 2.24) is 4.98 Å². The zero-order valence-corrected chi connectivity index (χ0v) is 7.31. The van der Waals surface area contributed by atoms with Gasteiger partial charge in [0.05, 0.1) is 0 Å². The third kappa shape index (κ3) is 3.51. The molecule has 1 rings (SSSR count). The van der Waals surface area contributed by atoms with Crippen LogP contribution < -0.4 is 0 Å². The standard InChI is InChI=1S/C6H7NS.C2H6/c8-5-6-3-1-2-4-7-6;1-2/h1-4,8H,5H2;1-2H3. The van der Waals surface area contributed by atoms with Gasteiger partial charge in [-0.1, -0.05) is 19.9 Å². The van der Waals surface area contributed by atoms with Crippen LogP contribution in [0.5, 0.6) is 0 Å². The molecule has 0 amide bonds. The first-order valence-corrected chi connectivity index (χ1v) is 4.07. The maximum absolute atomic E-state index is 4.05. The first kappa shape index (κ1) is 9.50. The molecular formula is C8H13NS. The monoisotopic (exact) mass is 155 g/mol. The van der Waals surface area contributed by atoms with Crippen molar-refractivity contribution in [3.8, 4) is 0 Å². The van der Waals surface area contributed by atoms with Crippen LogP contribution in [0, 0.1) is 0 Å². The van der Waals surface area contributed by atoms with E-state index in [1.54, 1.807) is 6.20 Å². The number of aromatic nitrogens is 1. The molecule has 0 spiro atoms. The van der Waals surface area contributed by atoms with Gasteiger partial charge in [-0.2, -0.15) is 12.6 Å². The summed E-state index contributed by atoms with van der Waals surface area (Å²) < 4.78 is 0. The molecule has 0 aromatic carbocycles. The second kappa shape index (κ2) is 6.62. The Hall–Kier alpha value is -0.500. The van der Waals surface area contributed by atoms with E-state index >= 15 is 0 Å². The van der Waals surface area contributed by atoms with Crippen LogP contribution in [0.15, 0.2) is 24.4 Å². The summed E-state index contributed by atoms with van der Waals surface area (Å²) in [5.41, 5.74) is 1.02. The van der Waals surface area contributed by atoms with E-state index in [2.05, 4.69) is 17.6 Å². The third-order valence-corrected chi connectivity index (χ3v) is 1.21. The van der Waals surface area contributed by atoms with Crippen molar-refractivity contribution in [2.24, 2.45) is 0 Å². The van der Waals surface area contributed by atoms with Crippen LogP contribution in [0.4, 0.5) is 0 Å². The van der Waals surface area contributed by atoms with E-state index in [1.165, 1.54) is 0 Å². The molecule has 1 aromatic rings. The van der Waals surface area contributed by atoms with Crippen LogP contribution in [-0.4, -0.2) is 4.98 Å². The number of hydrogen-bond acceptors (Lipinski definition) is 2. The Bertz CT molecular complexity index is 151. The molecule has 0 aliphatic carbocycles. The summed E-state index contributed by atoms with van der Waals surface area (Å²) in [7, 11) is 0. The average molecular weight is 155 g/mol. The Morgan fingerprint density at radius 1 is 1.40 bits per heavy atom. The smallest absolute Gasteiger partial charge is 0.0499 e. The highest BCUT2D eigenvalue weighted by Crippen LogP contribution is 1.95. The molecule has 0 saturated heterocycles. The van der Waals surface area contributed by atoms with Gasteiger partial charge in [0.1, 0.15) is 0 Å². The minimum Gasteiger partial charge on any atom is -0.260 e. The molecule has 10 heavy (non-hydrogen) atoms. The van der Waals surface area contributed by atoms with Crippen molar-refractivity contribution in [2.45, 2.75) is 19.6 Å². The van der Waals surface area contributed by atoms with Gasteiger partial charge in [-0.25, -0.2) is 0 Å².